The minimum Gasteiger partial charge on any atom is -0.235 e. The highest BCUT2D eigenvalue weighted by Crippen LogP contribution is 2.14. The maximum absolute atomic E-state index is 10.9. The fourth-order valence-corrected chi connectivity index (χ4v) is 3.85. The van der Waals surface area contributed by atoms with Crippen molar-refractivity contribution in [2.75, 3.05) is 5.75 Å². The highest BCUT2D eigenvalue weighted by atomic mass is 32.2. The molecule has 0 fully saturated rings. The molecule has 0 aromatic rings. The molecule has 0 aliphatic rings. The van der Waals surface area contributed by atoms with Gasteiger partial charge in [-0.05, 0) is 6.42 Å². The van der Waals surface area contributed by atoms with E-state index in [4.69, 9.17) is 5.26 Å². The van der Waals surface area contributed by atoms with Crippen LogP contribution >= 0.6 is 0 Å². The maximum atomic E-state index is 10.9. The summed E-state index contributed by atoms with van der Waals surface area (Å²) in [6.45, 7) is 2.27. The Morgan fingerprint density at radius 2 is 0.840 bits per heavy atom. The molecule has 0 aliphatic heterocycles. The second-order valence-electron chi connectivity index (χ2n) is 7.35. The van der Waals surface area contributed by atoms with E-state index < -0.39 is 10.1 Å². The van der Waals surface area contributed by atoms with Crippen molar-refractivity contribution < 1.29 is 18.0 Å². The van der Waals surface area contributed by atoms with Gasteiger partial charge in [0.05, 0.1) is 5.75 Å². The van der Waals surface area contributed by atoms with Gasteiger partial charge in [-0.3, -0.25) is 0 Å². The minimum atomic E-state index is -3.69. The van der Waals surface area contributed by atoms with Gasteiger partial charge >= 0.3 is 0 Å². The van der Waals surface area contributed by atoms with Crippen LogP contribution < -0.4 is 0 Å². The molecule has 25 heavy (non-hydrogen) atoms. The molecule has 0 atom stereocenters. The van der Waals surface area contributed by atoms with Crippen LogP contribution in [0.2, 0.25) is 0 Å². The van der Waals surface area contributed by atoms with Gasteiger partial charge in [-0.2, -0.15) is 8.42 Å². The molecule has 0 saturated carbocycles. The SMILES string of the molecule is CCCCCCCCCCCCCCCCCCCCS(=O)(=O)OO. The van der Waals surface area contributed by atoms with Crippen molar-refractivity contribution in [1.82, 2.24) is 0 Å². The summed E-state index contributed by atoms with van der Waals surface area (Å²) >= 11 is 0. The Hall–Kier alpha value is -0.130. The van der Waals surface area contributed by atoms with E-state index >= 15 is 0 Å². The predicted molar refractivity (Wildman–Crippen MR) is 106 cm³/mol. The number of hydrogen-bond donors (Lipinski definition) is 1. The van der Waals surface area contributed by atoms with Crippen LogP contribution in [-0.4, -0.2) is 19.4 Å². The first-order valence-corrected chi connectivity index (χ1v) is 12.3. The summed E-state index contributed by atoms with van der Waals surface area (Å²) < 4.78 is 25.2. The van der Waals surface area contributed by atoms with Gasteiger partial charge in [0, 0.05) is 0 Å². The normalized spacial score (nSPS) is 11.9. The van der Waals surface area contributed by atoms with Crippen molar-refractivity contribution in [3.8, 4) is 0 Å². The third kappa shape index (κ3) is 20.0. The monoisotopic (exact) mass is 378 g/mol. The summed E-state index contributed by atoms with van der Waals surface area (Å²) in [4.78, 5) is 0. The molecule has 0 aromatic heterocycles. The van der Waals surface area contributed by atoms with Crippen LogP contribution in [0.5, 0.6) is 0 Å². The molecule has 0 unspecified atom stereocenters. The Kier molecular flexibility index (Phi) is 18.6. The van der Waals surface area contributed by atoms with Crippen molar-refractivity contribution in [3.63, 3.8) is 0 Å². The standard InChI is InChI=1S/C20H42O4S/c1-2-3-4-5-6-7-8-9-10-11-12-13-14-15-16-17-18-19-20-25(22,23)24-21/h21H,2-20H2,1H3. The average molecular weight is 379 g/mol. The van der Waals surface area contributed by atoms with Gasteiger partial charge in [-0.1, -0.05) is 116 Å². The fraction of sp³-hybridized carbons (Fsp3) is 1.00. The molecule has 4 nitrogen and oxygen atoms in total. The zero-order valence-corrected chi connectivity index (χ0v) is 17.3. The van der Waals surface area contributed by atoms with E-state index in [0.717, 1.165) is 12.8 Å². The topological polar surface area (TPSA) is 63.6 Å². The minimum absolute atomic E-state index is 0.0811. The molecule has 0 radical (unpaired) electrons. The van der Waals surface area contributed by atoms with Crippen molar-refractivity contribution in [3.05, 3.63) is 0 Å². The molecule has 0 heterocycles. The van der Waals surface area contributed by atoms with E-state index in [-0.39, 0.29) is 5.75 Å². The van der Waals surface area contributed by atoms with Crippen molar-refractivity contribution in [1.29, 1.82) is 0 Å². The Labute approximate surface area is 156 Å². The van der Waals surface area contributed by atoms with Crippen LogP contribution in [0.1, 0.15) is 122 Å². The van der Waals surface area contributed by atoms with E-state index in [2.05, 4.69) is 11.3 Å². The second-order valence-corrected chi connectivity index (χ2v) is 9.02. The number of hydrogen-bond acceptors (Lipinski definition) is 4. The summed E-state index contributed by atoms with van der Waals surface area (Å²) in [6.07, 6.45) is 23.0. The van der Waals surface area contributed by atoms with Crippen molar-refractivity contribution in [2.45, 2.75) is 122 Å². The molecule has 0 aliphatic carbocycles. The van der Waals surface area contributed by atoms with Gasteiger partial charge in [-0.15, -0.1) is 4.33 Å². The van der Waals surface area contributed by atoms with E-state index in [0.29, 0.717) is 6.42 Å². The van der Waals surface area contributed by atoms with E-state index in [1.165, 1.54) is 96.3 Å². The Balaban J connectivity index is 3.07. The molecule has 0 aromatic carbocycles. The Bertz CT molecular complexity index is 355. The summed E-state index contributed by atoms with van der Waals surface area (Å²) in [6, 6.07) is 0. The van der Waals surface area contributed by atoms with Crippen LogP contribution in [0.25, 0.3) is 0 Å². The van der Waals surface area contributed by atoms with E-state index in [1.807, 2.05) is 0 Å². The lowest BCUT2D eigenvalue weighted by Crippen LogP contribution is -2.07. The largest absolute Gasteiger partial charge is 0.293 e. The lowest BCUT2D eigenvalue weighted by molar-refractivity contribution is -0.130. The molecule has 5 heteroatoms. The summed E-state index contributed by atoms with van der Waals surface area (Å²) in [7, 11) is -3.69. The van der Waals surface area contributed by atoms with Crippen LogP contribution in [0.4, 0.5) is 0 Å². The van der Waals surface area contributed by atoms with Crippen molar-refractivity contribution >= 4 is 10.1 Å². The molecule has 1 N–H and O–H groups in total. The molecular formula is C20H42O4S. The van der Waals surface area contributed by atoms with Crippen molar-refractivity contribution in [2.24, 2.45) is 0 Å². The lowest BCUT2D eigenvalue weighted by atomic mass is 10.0. The molecule has 0 saturated heterocycles. The van der Waals surface area contributed by atoms with Crippen LogP contribution in [0, 0.1) is 0 Å². The van der Waals surface area contributed by atoms with Gasteiger partial charge in [-0.25, -0.2) is 5.26 Å². The molecule has 0 amide bonds. The van der Waals surface area contributed by atoms with Crippen LogP contribution in [0.15, 0.2) is 0 Å². The molecule has 0 spiro atoms. The fourth-order valence-electron chi connectivity index (χ4n) is 3.22. The molecule has 0 bridgehead atoms. The zero-order valence-electron chi connectivity index (χ0n) is 16.5. The first kappa shape index (κ1) is 24.9. The number of rotatable bonds is 20. The zero-order chi connectivity index (χ0) is 18.6. The number of unbranched alkanes of at least 4 members (excludes halogenated alkanes) is 17. The quantitative estimate of drug-likeness (QED) is 0.143. The maximum Gasteiger partial charge on any atom is 0.293 e. The third-order valence-electron chi connectivity index (χ3n) is 4.86. The van der Waals surface area contributed by atoms with Gasteiger partial charge < -0.3 is 0 Å². The first-order valence-electron chi connectivity index (χ1n) is 10.7. The smallest absolute Gasteiger partial charge is 0.235 e. The highest BCUT2D eigenvalue weighted by Gasteiger charge is 2.08. The Morgan fingerprint density at radius 3 is 1.12 bits per heavy atom. The Morgan fingerprint density at radius 1 is 0.560 bits per heavy atom. The van der Waals surface area contributed by atoms with E-state index in [9.17, 15) is 8.42 Å². The van der Waals surface area contributed by atoms with Gasteiger partial charge in [0.1, 0.15) is 0 Å². The predicted octanol–water partition coefficient (Wildman–Crippen LogP) is 6.85. The van der Waals surface area contributed by atoms with Gasteiger partial charge in [0.25, 0.3) is 10.1 Å². The molecular weight excluding hydrogens is 336 g/mol. The molecule has 152 valence electrons. The lowest BCUT2D eigenvalue weighted by Gasteiger charge is -2.04. The highest BCUT2D eigenvalue weighted by molar-refractivity contribution is 7.86. The summed E-state index contributed by atoms with van der Waals surface area (Å²) in [5.74, 6) is -0.0811. The summed E-state index contributed by atoms with van der Waals surface area (Å²) in [5, 5.41) is 8.15. The first-order chi connectivity index (χ1) is 12.1. The van der Waals surface area contributed by atoms with Gasteiger partial charge in [0.2, 0.25) is 0 Å². The third-order valence-corrected chi connectivity index (χ3v) is 5.88. The van der Waals surface area contributed by atoms with Crippen LogP contribution in [-0.2, 0) is 14.5 Å². The summed E-state index contributed by atoms with van der Waals surface area (Å²) in [5.41, 5.74) is 0. The van der Waals surface area contributed by atoms with E-state index in [1.54, 1.807) is 0 Å². The van der Waals surface area contributed by atoms with Gasteiger partial charge in [0.15, 0.2) is 0 Å². The second kappa shape index (κ2) is 18.7. The van der Waals surface area contributed by atoms with Crippen LogP contribution in [0.3, 0.4) is 0 Å². The molecule has 0 rings (SSSR count). The average Bonchev–Trinajstić information content (AvgIpc) is 2.60.